The number of piperidine rings is 1. The van der Waals surface area contributed by atoms with E-state index in [4.69, 9.17) is 0 Å². The van der Waals surface area contributed by atoms with Crippen LogP contribution in [-0.4, -0.2) is 54.0 Å². The quantitative estimate of drug-likeness (QED) is 0.759. The lowest BCUT2D eigenvalue weighted by molar-refractivity contribution is -0.128. The maximum atomic E-state index is 12.4. The van der Waals surface area contributed by atoms with E-state index in [1.54, 1.807) is 4.90 Å². The molecule has 0 aromatic carbocycles. The summed E-state index contributed by atoms with van der Waals surface area (Å²) in [6, 6.07) is -0.241. The molecule has 1 unspecified atom stereocenters. The van der Waals surface area contributed by atoms with Gasteiger partial charge in [0.25, 0.3) is 0 Å². The molecule has 2 aliphatic rings. The third-order valence-electron chi connectivity index (χ3n) is 4.02. The molecule has 0 aromatic rings. The molecule has 0 bridgehead atoms. The molecule has 18 heavy (non-hydrogen) atoms. The highest BCUT2D eigenvalue weighted by Gasteiger charge is 2.34. The largest absolute Gasteiger partial charge is 0.353 e. The molecule has 5 heteroatoms. The highest BCUT2D eigenvalue weighted by atomic mass is 16.2. The van der Waals surface area contributed by atoms with Gasteiger partial charge in [-0.15, -0.1) is 0 Å². The zero-order chi connectivity index (χ0) is 13.1. The van der Waals surface area contributed by atoms with Crippen LogP contribution in [0, 0.1) is 5.92 Å². The fourth-order valence-electron chi connectivity index (χ4n) is 2.73. The summed E-state index contributed by atoms with van der Waals surface area (Å²) in [5, 5.41) is 2.83. The van der Waals surface area contributed by atoms with E-state index in [1.807, 2.05) is 11.8 Å². The van der Waals surface area contributed by atoms with Crippen LogP contribution in [0.1, 0.15) is 33.1 Å². The molecule has 5 nitrogen and oxygen atoms in total. The maximum Gasteiger partial charge on any atom is 0.320 e. The lowest BCUT2D eigenvalue weighted by atomic mass is 9.99. The molecular weight excluding hydrogens is 230 g/mol. The molecule has 0 aromatic heterocycles. The summed E-state index contributed by atoms with van der Waals surface area (Å²) in [7, 11) is 0. The van der Waals surface area contributed by atoms with Gasteiger partial charge < -0.3 is 15.1 Å². The van der Waals surface area contributed by atoms with E-state index >= 15 is 0 Å². The summed E-state index contributed by atoms with van der Waals surface area (Å²) in [5.74, 6) is 0.697. The number of urea groups is 1. The average Bonchev–Trinajstić information content (AvgIpc) is 2.38. The second kappa shape index (κ2) is 5.59. The summed E-state index contributed by atoms with van der Waals surface area (Å²) in [4.78, 5) is 27.8. The zero-order valence-corrected chi connectivity index (χ0v) is 11.3. The normalized spacial score (nSPS) is 26.1. The van der Waals surface area contributed by atoms with Crippen molar-refractivity contribution in [2.24, 2.45) is 5.92 Å². The topological polar surface area (TPSA) is 52.7 Å². The Balaban J connectivity index is 2.00. The highest BCUT2D eigenvalue weighted by molar-refractivity contribution is 5.88. The number of piperazine rings is 1. The molecule has 3 amide bonds. The molecule has 2 rings (SSSR count). The van der Waals surface area contributed by atoms with Gasteiger partial charge in [-0.1, -0.05) is 13.8 Å². The first-order chi connectivity index (χ1) is 8.63. The third kappa shape index (κ3) is 2.60. The Morgan fingerprint density at radius 3 is 2.61 bits per heavy atom. The number of rotatable bonds is 1. The van der Waals surface area contributed by atoms with Crippen LogP contribution in [0.2, 0.25) is 0 Å². The zero-order valence-electron chi connectivity index (χ0n) is 11.3. The minimum atomic E-state index is -0.286. The van der Waals surface area contributed by atoms with Crippen LogP contribution in [0.4, 0.5) is 4.79 Å². The van der Waals surface area contributed by atoms with Crippen LogP contribution < -0.4 is 5.32 Å². The SMILES string of the molecule is CCC1C(=O)NCCN1C(=O)N1CCC(C)CC1. The van der Waals surface area contributed by atoms with E-state index in [1.165, 1.54) is 0 Å². The summed E-state index contributed by atoms with van der Waals surface area (Å²) in [6.07, 6.45) is 2.83. The Kier molecular flexibility index (Phi) is 4.09. The van der Waals surface area contributed by atoms with Crippen molar-refractivity contribution in [3.63, 3.8) is 0 Å². The number of nitrogens with one attached hydrogen (secondary N) is 1. The van der Waals surface area contributed by atoms with Crippen LogP contribution in [0.15, 0.2) is 0 Å². The molecular formula is C13H23N3O2. The number of nitrogens with zero attached hydrogens (tertiary/aromatic N) is 2. The molecule has 0 aliphatic carbocycles. The number of amides is 3. The van der Waals surface area contributed by atoms with Gasteiger partial charge in [-0.3, -0.25) is 4.79 Å². The van der Waals surface area contributed by atoms with Crippen molar-refractivity contribution in [2.45, 2.75) is 39.2 Å². The van der Waals surface area contributed by atoms with Gasteiger partial charge in [-0.25, -0.2) is 4.79 Å². The first kappa shape index (κ1) is 13.2. The van der Waals surface area contributed by atoms with Crippen molar-refractivity contribution < 1.29 is 9.59 Å². The van der Waals surface area contributed by atoms with Crippen molar-refractivity contribution in [3.05, 3.63) is 0 Å². The van der Waals surface area contributed by atoms with E-state index in [9.17, 15) is 9.59 Å². The van der Waals surface area contributed by atoms with Crippen LogP contribution in [0.3, 0.4) is 0 Å². The van der Waals surface area contributed by atoms with Gasteiger partial charge in [0.2, 0.25) is 5.91 Å². The molecule has 2 saturated heterocycles. The number of hydrogen-bond acceptors (Lipinski definition) is 2. The standard InChI is InChI=1S/C13H23N3O2/c1-3-11-12(17)14-6-9-16(11)13(18)15-7-4-10(2)5-8-15/h10-11H,3-9H2,1-2H3,(H,14,17). The van der Waals surface area contributed by atoms with Crippen molar-refractivity contribution in [2.75, 3.05) is 26.2 Å². The van der Waals surface area contributed by atoms with Crippen LogP contribution in [0.25, 0.3) is 0 Å². The predicted octanol–water partition coefficient (Wildman–Crippen LogP) is 1.05. The van der Waals surface area contributed by atoms with Crippen LogP contribution in [-0.2, 0) is 4.79 Å². The summed E-state index contributed by atoms with van der Waals surface area (Å²) in [5.41, 5.74) is 0. The Morgan fingerprint density at radius 1 is 1.33 bits per heavy atom. The van der Waals surface area contributed by atoms with Crippen LogP contribution >= 0.6 is 0 Å². The molecule has 1 atom stereocenters. The monoisotopic (exact) mass is 253 g/mol. The first-order valence-electron chi connectivity index (χ1n) is 6.96. The number of carbonyl (C=O) groups excluding carboxylic acids is 2. The highest BCUT2D eigenvalue weighted by Crippen LogP contribution is 2.19. The molecule has 2 heterocycles. The fraction of sp³-hybridized carbons (Fsp3) is 0.846. The van der Waals surface area contributed by atoms with E-state index < -0.39 is 0 Å². The molecule has 0 radical (unpaired) electrons. The second-order valence-corrected chi connectivity index (χ2v) is 5.36. The molecule has 102 valence electrons. The lowest BCUT2D eigenvalue weighted by Gasteiger charge is -2.40. The van der Waals surface area contributed by atoms with Gasteiger partial charge >= 0.3 is 6.03 Å². The smallest absolute Gasteiger partial charge is 0.320 e. The van der Waals surface area contributed by atoms with E-state index in [-0.39, 0.29) is 18.0 Å². The summed E-state index contributed by atoms with van der Waals surface area (Å²) < 4.78 is 0. The molecule has 0 spiro atoms. The van der Waals surface area contributed by atoms with Crippen molar-refractivity contribution in [1.29, 1.82) is 0 Å². The van der Waals surface area contributed by atoms with E-state index in [0.29, 0.717) is 25.4 Å². The first-order valence-corrected chi connectivity index (χ1v) is 6.96. The van der Waals surface area contributed by atoms with Gasteiger partial charge in [-0.05, 0) is 25.2 Å². The maximum absolute atomic E-state index is 12.4. The fourth-order valence-corrected chi connectivity index (χ4v) is 2.73. The minimum Gasteiger partial charge on any atom is -0.353 e. The molecule has 2 aliphatic heterocycles. The Labute approximate surface area is 108 Å². The van der Waals surface area contributed by atoms with Gasteiger partial charge in [0, 0.05) is 26.2 Å². The Hall–Kier alpha value is -1.26. The average molecular weight is 253 g/mol. The van der Waals surface area contributed by atoms with Gasteiger partial charge in [-0.2, -0.15) is 0 Å². The minimum absolute atomic E-state index is 0.0116. The summed E-state index contributed by atoms with van der Waals surface area (Å²) in [6.45, 7) is 7.04. The molecule has 0 saturated carbocycles. The van der Waals surface area contributed by atoms with E-state index in [0.717, 1.165) is 25.9 Å². The third-order valence-corrected chi connectivity index (χ3v) is 4.02. The predicted molar refractivity (Wildman–Crippen MR) is 69.2 cm³/mol. The van der Waals surface area contributed by atoms with Crippen molar-refractivity contribution in [1.82, 2.24) is 15.1 Å². The number of hydrogen-bond donors (Lipinski definition) is 1. The Morgan fingerprint density at radius 2 is 2.00 bits per heavy atom. The molecule has 2 fully saturated rings. The van der Waals surface area contributed by atoms with Gasteiger partial charge in [0.05, 0.1) is 0 Å². The second-order valence-electron chi connectivity index (χ2n) is 5.36. The Bertz CT molecular complexity index is 324. The van der Waals surface area contributed by atoms with Gasteiger partial charge in [0.1, 0.15) is 6.04 Å². The lowest BCUT2D eigenvalue weighted by Crippen LogP contribution is -2.60. The summed E-state index contributed by atoms with van der Waals surface area (Å²) >= 11 is 0. The number of carbonyl (C=O) groups is 2. The van der Waals surface area contributed by atoms with Gasteiger partial charge in [0.15, 0.2) is 0 Å². The van der Waals surface area contributed by atoms with Crippen LogP contribution in [0.5, 0.6) is 0 Å². The number of likely N-dealkylation sites (tertiary alicyclic amines) is 1. The van der Waals surface area contributed by atoms with E-state index in [2.05, 4.69) is 12.2 Å². The van der Waals surface area contributed by atoms with Crippen molar-refractivity contribution in [3.8, 4) is 0 Å². The van der Waals surface area contributed by atoms with Crippen molar-refractivity contribution >= 4 is 11.9 Å². The molecule has 1 N–H and O–H groups in total.